The molecule has 0 radical (unpaired) electrons. The highest BCUT2D eigenvalue weighted by molar-refractivity contribution is 5.18. The van der Waals surface area contributed by atoms with Crippen molar-refractivity contribution in [1.82, 2.24) is 5.32 Å². The molecule has 1 saturated carbocycles. The zero-order valence-electron chi connectivity index (χ0n) is 12.0. The summed E-state index contributed by atoms with van der Waals surface area (Å²) >= 11 is 0. The first kappa shape index (κ1) is 14.5. The Morgan fingerprint density at radius 1 is 1.16 bits per heavy atom. The first-order valence-corrected chi connectivity index (χ1v) is 7.69. The maximum Gasteiger partial charge on any atom is 0.126 e. The number of benzene rings is 1. The van der Waals surface area contributed by atoms with Crippen molar-refractivity contribution in [2.24, 2.45) is 11.8 Å². The van der Waals surface area contributed by atoms with Crippen LogP contribution in [-0.4, -0.2) is 13.6 Å². The molecular weight excluding hydrogens is 237 g/mol. The number of rotatable bonds is 5. The molecule has 1 aliphatic rings. The monoisotopic (exact) mass is 263 g/mol. The van der Waals surface area contributed by atoms with Crippen molar-refractivity contribution >= 4 is 0 Å². The number of nitrogens with one attached hydrogen (secondary N) is 1. The molecule has 1 aromatic rings. The van der Waals surface area contributed by atoms with Gasteiger partial charge in [0.05, 0.1) is 0 Å². The second-order valence-corrected chi connectivity index (χ2v) is 5.86. The van der Waals surface area contributed by atoms with Crippen LogP contribution in [0.3, 0.4) is 0 Å². The summed E-state index contributed by atoms with van der Waals surface area (Å²) < 4.78 is 13.8. The van der Waals surface area contributed by atoms with Gasteiger partial charge in [-0.3, -0.25) is 0 Å². The standard InChI is InChI=1S/C17H26FN/c1-19-13-16(14-8-4-2-3-5-9-14)12-15-10-6-7-11-17(15)18/h6-7,10-11,14,16,19H,2-5,8-9,12-13H2,1H3. The van der Waals surface area contributed by atoms with Crippen LogP contribution in [0.4, 0.5) is 4.39 Å². The number of hydrogen-bond acceptors (Lipinski definition) is 1. The van der Waals surface area contributed by atoms with Gasteiger partial charge >= 0.3 is 0 Å². The Morgan fingerprint density at radius 3 is 2.47 bits per heavy atom. The third-order valence-electron chi connectivity index (χ3n) is 4.47. The predicted molar refractivity (Wildman–Crippen MR) is 78.7 cm³/mol. The van der Waals surface area contributed by atoms with Crippen LogP contribution in [-0.2, 0) is 6.42 Å². The zero-order chi connectivity index (χ0) is 13.5. The molecule has 0 amide bonds. The molecular formula is C17H26FN. The molecule has 1 fully saturated rings. The molecule has 0 heterocycles. The van der Waals surface area contributed by atoms with Crippen LogP contribution >= 0.6 is 0 Å². The molecule has 2 heteroatoms. The third-order valence-corrected chi connectivity index (χ3v) is 4.47. The van der Waals surface area contributed by atoms with Gasteiger partial charge in [0.25, 0.3) is 0 Å². The van der Waals surface area contributed by atoms with Gasteiger partial charge in [0.1, 0.15) is 5.82 Å². The smallest absolute Gasteiger partial charge is 0.126 e. The van der Waals surface area contributed by atoms with Crippen molar-refractivity contribution in [1.29, 1.82) is 0 Å². The molecule has 0 aromatic heterocycles. The van der Waals surface area contributed by atoms with E-state index < -0.39 is 0 Å². The first-order valence-electron chi connectivity index (χ1n) is 7.69. The molecule has 1 nitrogen and oxygen atoms in total. The van der Waals surface area contributed by atoms with E-state index in [4.69, 9.17) is 0 Å². The number of hydrogen-bond donors (Lipinski definition) is 1. The SMILES string of the molecule is CNCC(Cc1ccccc1F)C1CCCCCC1. The largest absolute Gasteiger partial charge is 0.319 e. The van der Waals surface area contributed by atoms with Gasteiger partial charge < -0.3 is 5.32 Å². The topological polar surface area (TPSA) is 12.0 Å². The van der Waals surface area contributed by atoms with Crippen LogP contribution in [0.1, 0.15) is 44.1 Å². The molecule has 2 rings (SSSR count). The maximum atomic E-state index is 13.8. The van der Waals surface area contributed by atoms with Gasteiger partial charge in [-0.25, -0.2) is 4.39 Å². The van der Waals surface area contributed by atoms with Gasteiger partial charge in [-0.15, -0.1) is 0 Å². The highest BCUT2D eigenvalue weighted by atomic mass is 19.1. The van der Waals surface area contributed by atoms with Crippen molar-refractivity contribution in [3.63, 3.8) is 0 Å². The van der Waals surface area contributed by atoms with Gasteiger partial charge in [-0.05, 0) is 43.5 Å². The van der Waals surface area contributed by atoms with E-state index in [1.165, 1.54) is 38.5 Å². The molecule has 0 saturated heterocycles. The van der Waals surface area contributed by atoms with Crippen LogP contribution in [0.25, 0.3) is 0 Å². The van der Waals surface area contributed by atoms with E-state index in [0.717, 1.165) is 24.4 Å². The predicted octanol–water partition coefficient (Wildman–Crippen LogP) is 4.17. The van der Waals surface area contributed by atoms with Crippen LogP contribution in [0.15, 0.2) is 24.3 Å². The molecule has 1 aliphatic carbocycles. The quantitative estimate of drug-likeness (QED) is 0.786. The average molecular weight is 263 g/mol. The summed E-state index contributed by atoms with van der Waals surface area (Å²) in [6.45, 7) is 0.999. The fourth-order valence-electron chi connectivity index (χ4n) is 3.40. The minimum absolute atomic E-state index is 0.0442. The van der Waals surface area contributed by atoms with E-state index in [-0.39, 0.29) is 5.82 Å². The van der Waals surface area contributed by atoms with Crippen molar-refractivity contribution in [3.8, 4) is 0 Å². The maximum absolute atomic E-state index is 13.8. The van der Waals surface area contributed by atoms with E-state index in [1.807, 2.05) is 19.2 Å². The van der Waals surface area contributed by atoms with Gasteiger partial charge in [0.2, 0.25) is 0 Å². The molecule has 0 bridgehead atoms. The van der Waals surface area contributed by atoms with Crippen molar-refractivity contribution in [3.05, 3.63) is 35.6 Å². The average Bonchev–Trinajstić information content (AvgIpc) is 2.69. The normalized spacial score (nSPS) is 19.1. The summed E-state index contributed by atoms with van der Waals surface area (Å²) in [6.07, 6.45) is 8.97. The Kier molecular flexibility index (Phi) is 5.84. The van der Waals surface area contributed by atoms with Crippen molar-refractivity contribution in [2.75, 3.05) is 13.6 Å². The molecule has 1 atom stereocenters. The molecule has 0 aliphatic heterocycles. The summed E-state index contributed by atoms with van der Waals surface area (Å²) in [5, 5.41) is 3.30. The fraction of sp³-hybridized carbons (Fsp3) is 0.647. The highest BCUT2D eigenvalue weighted by Crippen LogP contribution is 2.31. The minimum atomic E-state index is -0.0442. The van der Waals surface area contributed by atoms with Crippen LogP contribution in [0, 0.1) is 17.7 Å². The third kappa shape index (κ3) is 4.31. The first-order chi connectivity index (χ1) is 9.31. The van der Waals surface area contributed by atoms with Crippen LogP contribution in [0.5, 0.6) is 0 Å². The Bertz CT molecular complexity index is 369. The Hall–Kier alpha value is -0.890. The van der Waals surface area contributed by atoms with E-state index in [0.29, 0.717) is 5.92 Å². The van der Waals surface area contributed by atoms with Crippen LogP contribution in [0.2, 0.25) is 0 Å². The van der Waals surface area contributed by atoms with Gasteiger partial charge in [0, 0.05) is 0 Å². The van der Waals surface area contributed by atoms with E-state index in [2.05, 4.69) is 5.32 Å². The lowest BCUT2D eigenvalue weighted by atomic mass is 9.82. The Balaban J connectivity index is 2.04. The summed E-state index contributed by atoms with van der Waals surface area (Å²) in [7, 11) is 2.01. The Labute approximate surface area is 116 Å². The summed E-state index contributed by atoms with van der Waals surface area (Å²) in [5.74, 6) is 1.28. The lowest BCUT2D eigenvalue weighted by Gasteiger charge is -2.26. The molecule has 1 unspecified atom stereocenters. The molecule has 0 spiro atoms. The lowest BCUT2D eigenvalue weighted by Crippen LogP contribution is -2.28. The molecule has 19 heavy (non-hydrogen) atoms. The van der Waals surface area contributed by atoms with Crippen molar-refractivity contribution < 1.29 is 4.39 Å². The van der Waals surface area contributed by atoms with E-state index in [1.54, 1.807) is 12.1 Å². The fourth-order valence-corrected chi connectivity index (χ4v) is 3.40. The van der Waals surface area contributed by atoms with Gasteiger partial charge in [-0.2, -0.15) is 0 Å². The van der Waals surface area contributed by atoms with Gasteiger partial charge in [-0.1, -0.05) is 56.7 Å². The molecule has 106 valence electrons. The molecule has 1 N–H and O–H groups in total. The second-order valence-electron chi connectivity index (χ2n) is 5.86. The van der Waals surface area contributed by atoms with Gasteiger partial charge in [0.15, 0.2) is 0 Å². The highest BCUT2D eigenvalue weighted by Gasteiger charge is 2.23. The summed E-state index contributed by atoms with van der Waals surface area (Å²) in [4.78, 5) is 0. The summed E-state index contributed by atoms with van der Waals surface area (Å²) in [6, 6.07) is 7.24. The zero-order valence-corrected chi connectivity index (χ0v) is 12.0. The van der Waals surface area contributed by atoms with E-state index >= 15 is 0 Å². The van der Waals surface area contributed by atoms with Crippen LogP contribution < -0.4 is 5.32 Å². The summed E-state index contributed by atoms with van der Waals surface area (Å²) in [5.41, 5.74) is 0.881. The molecule has 1 aromatic carbocycles. The number of halogens is 1. The Morgan fingerprint density at radius 2 is 1.84 bits per heavy atom. The minimum Gasteiger partial charge on any atom is -0.319 e. The lowest BCUT2D eigenvalue weighted by molar-refractivity contribution is 0.287. The van der Waals surface area contributed by atoms with E-state index in [9.17, 15) is 4.39 Å². The van der Waals surface area contributed by atoms with Crippen molar-refractivity contribution in [2.45, 2.75) is 44.9 Å². The second kappa shape index (κ2) is 7.64.